The van der Waals surface area contributed by atoms with Gasteiger partial charge in [0, 0.05) is 6.07 Å². The van der Waals surface area contributed by atoms with Gasteiger partial charge in [0.15, 0.2) is 6.61 Å². The summed E-state index contributed by atoms with van der Waals surface area (Å²) in [5.41, 5.74) is 0.561. The molecule has 0 spiro atoms. The van der Waals surface area contributed by atoms with Crippen molar-refractivity contribution >= 4 is 11.6 Å². The molecule has 1 aromatic carbocycles. The second kappa shape index (κ2) is 6.16. The van der Waals surface area contributed by atoms with E-state index in [-0.39, 0.29) is 12.5 Å². The highest BCUT2D eigenvalue weighted by Crippen LogP contribution is 2.19. The molecule has 0 atom stereocenters. The summed E-state index contributed by atoms with van der Waals surface area (Å²) in [6, 6.07) is 4.11. The van der Waals surface area contributed by atoms with Crippen LogP contribution in [0.3, 0.4) is 0 Å². The van der Waals surface area contributed by atoms with Gasteiger partial charge in [0.25, 0.3) is 0 Å². The van der Waals surface area contributed by atoms with E-state index in [1.807, 2.05) is 0 Å². The number of aryl methyl sites for hydroxylation is 1. The number of rotatable bonds is 3. The number of halogens is 2. The smallest absolute Gasteiger partial charge is 0.212 e. The Kier molecular flexibility index (Phi) is 4.31. The average Bonchev–Trinajstić information content (AvgIpc) is 2.81. The van der Waals surface area contributed by atoms with Crippen LogP contribution < -0.4 is 4.74 Å². The quantitative estimate of drug-likeness (QED) is 0.632. The molecule has 7 heteroatoms. The third-order valence-corrected chi connectivity index (χ3v) is 2.27. The fraction of sp³-hybridized carbons (Fsp3) is 0.250. The maximum Gasteiger partial charge on any atom is 0.212 e. The van der Waals surface area contributed by atoms with Crippen LogP contribution in [0.5, 0.6) is 5.75 Å². The minimum Gasteiger partial charge on any atom is -0.484 e. The summed E-state index contributed by atoms with van der Waals surface area (Å²) in [5.74, 6) is 6.01. The summed E-state index contributed by atoms with van der Waals surface area (Å²) in [4.78, 5) is 1.32. The number of hydrogen-bond donors (Lipinski definition) is 0. The lowest BCUT2D eigenvalue weighted by Gasteiger charge is -2.06. The molecule has 2 aromatic rings. The van der Waals surface area contributed by atoms with Gasteiger partial charge in [-0.1, -0.05) is 11.8 Å². The van der Waals surface area contributed by atoms with Crippen molar-refractivity contribution in [3.63, 3.8) is 0 Å². The lowest BCUT2D eigenvalue weighted by atomic mass is 10.2. The molecular weight excluding hydrogens is 271 g/mol. The first-order chi connectivity index (χ1) is 9.19. The van der Waals surface area contributed by atoms with Crippen LogP contribution in [0, 0.1) is 17.7 Å². The van der Waals surface area contributed by atoms with E-state index in [0.29, 0.717) is 17.1 Å². The molecule has 0 aliphatic rings. The van der Waals surface area contributed by atoms with Crippen LogP contribution in [0.15, 0.2) is 18.2 Å². The highest BCUT2D eigenvalue weighted by molar-refractivity contribution is 6.19. The minimum absolute atomic E-state index is 0.0901. The molecule has 1 heterocycles. The van der Waals surface area contributed by atoms with Crippen LogP contribution in [-0.4, -0.2) is 26.1 Å². The standard InChI is InChI=1S/C12H10ClFN4O/c1-18-16-12(15-17-18)8-19-11-7-10(14)5-4-9(11)3-2-6-13/h4-5,7H,6,8H2,1H3. The van der Waals surface area contributed by atoms with Gasteiger partial charge in [0.2, 0.25) is 5.82 Å². The summed E-state index contributed by atoms with van der Waals surface area (Å²) in [5, 5.41) is 11.4. The van der Waals surface area contributed by atoms with Gasteiger partial charge in [-0.15, -0.1) is 21.8 Å². The molecule has 1 aromatic heterocycles. The summed E-state index contributed by atoms with van der Waals surface area (Å²) in [6.07, 6.45) is 0. The highest BCUT2D eigenvalue weighted by atomic mass is 35.5. The van der Waals surface area contributed by atoms with E-state index in [2.05, 4.69) is 27.3 Å². The minimum atomic E-state index is -0.404. The normalized spacial score (nSPS) is 9.84. The van der Waals surface area contributed by atoms with Crippen LogP contribution >= 0.6 is 11.6 Å². The Bertz CT molecular complexity index is 632. The maximum absolute atomic E-state index is 13.2. The van der Waals surface area contributed by atoms with Gasteiger partial charge in [-0.25, -0.2) is 4.39 Å². The molecule has 0 aliphatic heterocycles. The molecule has 98 valence electrons. The van der Waals surface area contributed by atoms with E-state index in [1.165, 1.54) is 23.0 Å². The predicted molar refractivity (Wildman–Crippen MR) is 67.1 cm³/mol. The van der Waals surface area contributed by atoms with E-state index in [1.54, 1.807) is 7.05 Å². The van der Waals surface area contributed by atoms with Crippen LogP contribution in [0.25, 0.3) is 0 Å². The van der Waals surface area contributed by atoms with Crippen LogP contribution in [0.1, 0.15) is 11.4 Å². The molecule has 0 bridgehead atoms. The molecule has 0 radical (unpaired) electrons. The SMILES string of the molecule is Cn1nnc(COc2cc(F)ccc2C#CCCl)n1. The molecule has 0 saturated carbocycles. The molecule has 2 rings (SSSR count). The van der Waals surface area contributed by atoms with Crippen LogP contribution in [-0.2, 0) is 13.7 Å². The number of alkyl halides is 1. The Balaban J connectivity index is 2.16. The average molecular weight is 281 g/mol. The van der Waals surface area contributed by atoms with Gasteiger partial charge in [-0.05, 0) is 17.3 Å². The molecular formula is C12H10ClFN4O. The molecule has 0 saturated heterocycles. The first kappa shape index (κ1) is 13.3. The zero-order chi connectivity index (χ0) is 13.7. The number of aromatic nitrogens is 4. The van der Waals surface area contributed by atoms with Gasteiger partial charge in [-0.3, -0.25) is 0 Å². The topological polar surface area (TPSA) is 52.8 Å². The van der Waals surface area contributed by atoms with E-state index < -0.39 is 5.82 Å². The number of ether oxygens (including phenoxy) is 1. The third-order valence-electron chi connectivity index (χ3n) is 2.14. The lowest BCUT2D eigenvalue weighted by Crippen LogP contribution is -2.01. The second-order valence-corrected chi connectivity index (χ2v) is 3.83. The van der Waals surface area contributed by atoms with Crippen molar-refractivity contribution in [3.05, 3.63) is 35.4 Å². The van der Waals surface area contributed by atoms with Crippen molar-refractivity contribution in [3.8, 4) is 17.6 Å². The van der Waals surface area contributed by atoms with E-state index in [9.17, 15) is 4.39 Å². The van der Waals surface area contributed by atoms with Crippen molar-refractivity contribution in [2.45, 2.75) is 6.61 Å². The Morgan fingerprint density at radius 1 is 1.47 bits per heavy atom. The van der Waals surface area contributed by atoms with Crippen molar-refractivity contribution in [1.29, 1.82) is 0 Å². The van der Waals surface area contributed by atoms with E-state index in [0.717, 1.165) is 0 Å². The van der Waals surface area contributed by atoms with Gasteiger partial charge in [0.05, 0.1) is 18.5 Å². The maximum atomic E-state index is 13.2. The molecule has 19 heavy (non-hydrogen) atoms. The molecule has 0 amide bonds. The largest absolute Gasteiger partial charge is 0.484 e. The van der Waals surface area contributed by atoms with Crippen LogP contribution in [0.4, 0.5) is 4.39 Å². The number of tetrazole rings is 1. The van der Waals surface area contributed by atoms with Gasteiger partial charge in [-0.2, -0.15) is 4.80 Å². The monoisotopic (exact) mass is 280 g/mol. The Labute approximate surface area is 114 Å². The molecule has 0 N–H and O–H groups in total. The molecule has 0 fully saturated rings. The first-order valence-corrected chi connectivity index (χ1v) is 5.92. The molecule has 0 aliphatic carbocycles. The number of benzene rings is 1. The fourth-order valence-electron chi connectivity index (χ4n) is 1.37. The van der Waals surface area contributed by atoms with Crippen LogP contribution in [0.2, 0.25) is 0 Å². The van der Waals surface area contributed by atoms with Gasteiger partial charge >= 0.3 is 0 Å². The van der Waals surface area contributed by atoms with Crippen molar-refractivity contribution in [2.75, 3.05) is 5.88 Å². The van der Waals surface area contributed by atoms with E-state index >= 15 is 0 Å². The number of nitrogens with zero attached hydrogens (tertiary/aromatic N) is 4. The second-order valence-electron chi connectivity index (χ2n) is 3.56. The summed E-state index contributed by atoms with van der Waals surface area (Å²) in [7, 11) is 1.65. The summed E-state index contributed by atoms with van der Waals surface area (Å²) >= 11 is 5.49. The van der Waals surface area contributed by atoms with Crippen molar-refractivity contribution in [1.82, 2.24) is 20.2 Å². The lowest BCUT2D eigenvalue weighted by molar-refractivity contribution is 0.293. The molecule has 5 nitrogen and oxygen atoms in total. The summed E-state index contributed by atoms with van der Waals surface area (Å²) in [6.45, 7) is 0.0901. The van der Waals surface area contributed by atoms with Gasteiger partial charge < -0.3 is 4.74 Å². The zero-order valence-electron chi connectivity index (χ0n) is 10.1. The van der Waals surface area contributed by atoms with E-state index in [4.69, 9.17) is 16.3 Å². The van der Waals surface area contributed by atoms with Crippen molar-refractivity contribution < 1.29 is 9.13 Å². The highest BCUT2D eigenvalue weighted by Gasteiger charge is 2.06. The Morgan fingerprint density at radius 2 is 2.32 bits per heavy atom. The first-order valence-electron chi connectivity index (χ1n) is 5.39. The summed E-state index contributed by atoms with van der Waals surface area (Å²) < 4.78 is 18.6. The van der Waals surface area contributed by atoms with Crippen molar-refractivity contribution in [2.24, 2.45) is 7.05 Å². The number of hydrogen-bond acceptors (Lipinski definition) is 4. The third kappa shape index (κ3) is 3.66. The zero-order valence-corrected chi connectivity index (χ0v) is 10.9. The Hall–Kier alpha value is -2.13. The van der Waals surface area contributed by atoms with Gasteiger partial charge in [0.1, 0.15) is 11.6 Å². The predicted octanol–water partition coefficient (Wildman–Crippen LogP) is 1.52. The Morgan fingerprint density at radius 3 is 3.00 bits per heavy atom. The molecule has 0 unspecified atom stereocenters. The fourth-order valence-corrected chi connectivity index (χ4v) is 1.44.